The van der Waals surface area contributed by atoms with Crippen molar-refractivity contribution in [1.82, 2.24) is 0 Å². The Balaban J connectivity index is 3.26. The lowest BCUT2D eigenvalue weighted by Gasteiger charge is -1.95. The monoisotopic (exact) mass is 242 g/mol. The molecule has 0 aliphatic carbocycles. The smallest absolute Gasteiger partial charge is 0.258 e. The number of non-ortho nitro benzene ring substituents is 1. The van der Waals surface area contributed by atoms with E-state index in [-0.39, 0.29) is 11.4 Å². The second-order valence-corrected chi connectivity index (χ2v) is 2.94. The Labute approximate surface area is 81.1 Å². The van der Waals surface area contributed by atoms with E-state index in [1.165, 1.54) is 18.2 Å². The van der Waals surface area contributed by atoms with Crippen molar-refractivity contribution in [2.75, 3.05) is 0 Å². The molecule has 13 heavy (non-hydrogen) atoms. The summed E-state index contributed by atoms with van der Waals surface area (Å²) in [6.07, 6.45) is 0. The van der Waals surface area contributed by atoms with Gasteiger partial charge in [0.25, 0.3) is 5.69 Å². The molecule has 0 bridgehead atoms. The highest BCUT2D eigenvalue weighted by Crippen LogP contribution is 2.29. The van der Waals surface area contributed by atoms with Crippen LogP contribution < -0.4 is 0 Å². The van der Waals surface area contributed by atoms with Crippen molar-refractivity contribution in [3.05, 3.63) is 43.2 Å². The van der Waals surface area contributed by atoms with E-state index >= 15 is 0 Å². The second-order valence-electron chi connectivity index (χ2n) is 2.08. The molecule has 0 radical (unpaired) electrons. The van der Waals surface area contributed by atoms with Crippen LogP contribution in [-0.2, 0) is 0 Å². The Hall–Kier alpha value is -1.59. The molecule has 0 saturated carbocycles. The first-order valence-corrected chi connectivity index (χ1v) is 3.93. The average Bonchev–Trinajstić information content (AvgIpc) is 2.08. The molecule has 0 aliphatic heterocycles. The number of azide groups is 1. The molecule has 0 aromatic heterocycles. The fourth-order valence-corrected chi connectivity index (χ4v) is 1.07. The SMILES string of the molecule is [N-]=[N+]=Nc1cc([N+](=O)[O-])ccc1Br. The van der Waals surface area contributed by atoms with Gasteiger partial charge < -0.3 is 0 Å². The minimum atomic E-state index is -0.553. The highest BCUT2D eigenvalue weighted by molar-refractivity contribution is 9.10. The minimum Gasteiger partial charge on any atom is -0.258 e. The zero-order valence-electron chi connectivity index (χ0n) is 6.22. The van der Waals surface area contributed by atoms with Crippen LogP contribution in [0, 0.1) is 10.1 Å². The number of rotatable bonds is 2. The van der Waals surface area contributed by atoms with Gasteiger partial charge in [-0.25, -0.2) is 0 Å². The fourth-order valence-electron chi connectivity index (χ4n) is 0.739. The van der Waals surface area contributed by atoms with E-state index in [2.05, 4.69) is 26.0 Å². The molecule has 0 fully saturated rings. The third-order valence-electron chi connectivity index (χ3n) is 1.29. The number of nitrogens with zero attached hydrogens (tertiary/aromatic N) is 4. The molecule has 1 aromatic rings. The Morgan fingerprint density at radius 2 is 2.31 bits per heavy atom. The van der Waals surface area contributed by atoms with Gasteiger partial charge in [0.2, 0.25) is 0 Å². The maximum Gasteiger partial charge on any atom is 0.269 e. The molecule has 0 amide bonds. The van der Waals surface area contributed by atoms with Crippen molar-refractivity contribution < 1.29 is 4.92 Å². The van der Waals surface area contributed by atoms with Crippen molar-refractivity contribution in [3.63, 3.8) is 0 Å². The van der Waals surface area contributed by atoms with Crippen LogP contribution in [0.5, 0.6) is 0 Å². The largest absolute Gasteiger partial charge is 0.269 e. The molecular weight excluding hydrogens is 240 g/mol. The van der Waals surface area contributed by atoms with Crippen molar-refractivity contribution >= 4 is 27.3 Å². The van der Waals surface area contributed by atoms with Gasteiger partial charge in [-0.3, -0.25) is 10.1 Å². The van der Waals surface area contributed by atoms with E-state index < -0.39 is 4.92 Å². The van der Waals surface area contributed by atoms with Crippen molar-refractivity contribution in [2.45, 2.75) is 0 Å². The zero-order chi connectivity index (χ0) is 9.84. The normalized spacial score (nSPS) is 9.00. The Bertz CT molecular complexity index is 400. The molecule has 7 heteroatoms. The topological polar surface area (TPSA) is 91.9 Å². The summed E-state index contributed by atoms with van der Waals surface area (Å²) >= 11 is 3.09. The molecule has 0 spiro atoms. The number of nitro groups is 1. The molecule has 0 N–H and O–H groups in total. The first-order chi connectivity index (χ1) is 6.15. The van der Waals surface area contributed by atoms with Gasteiger partial charge in [0.15, 0.2) is 0 Å². The lowest BCUT2D eigenvalue weighted by Crippen LogP contribution is -1.86. The van der Waals surface area contributed by atoms with Gasteiger partial charge in [-0.2, -0.15) is 0 Å². The first kappa shape index (κ1) is 9.50. The lowest BCUT2D eigenvalue weighted by molar-refractivity contribution is -0.384. The van der Waals surface area contributed by atoms with Crippen LogP contribution in [0.15, 0.2) is 27.8 Å². The van der Waals surface area contributed by atoms with E-state index in [4.69, 9.17) is 5.53 Å². The molecule has 6 nitrogen and oxygen atoms in total. The van der Waals surface area contributed by atoms with Crippen molar-refractivity contribution in [1.29, 1.82) is 0 Å². The Kier molecular flexibility index (Phi) is 2.84. The van der Waals surface area contributed by atoms with Gasteiger partial charge in [0.05, 0.1) is 10.6 Å². The summed E-state index contributed by atoms with van der Waals surface area (Å²) in [4.78, 5) is 12.3. The van der Waals surface area contributed by atoms with Crippen molar-refractivity contribution in [2.24, 2.45) is 5.11 Å². The van der Waals surface area contributed by atoms with Crippen LogP contribution in [0.4, 0.5) is 11.4 Å². The van der Waals surface area contributed by atoms with Crippen LogP contribution in [0.25, 0.3) is 10.4 Å². The van der Waals surface area contributed by atoms with Crippen LogP contribution >= 0.6 is 15.9 Å². The third kappa shape index (κ3) is 2.17. The van der Waals surface area contributed by atoms with Crippen LogP contribution in [0.1, 0.15) is 0 Å². The maximum atomic E-state index is 10.3. The molecule has 0 unspecified atom stereocenters. The van der Waals surface area contributed by atoms with E-state index in [0.29, 0.717) is 4.47 Å². The summed E-state index contributed by atoms with van der Waals surface area (Å²) in [6.45, 7) is 0. The number of hydrogen-bond acceptors (Lipinski definition) is 3. The van der Waals surface area contributed by atoms with Crippen molar-refractivity contribution in [3.8, 4) is 0 Å². The van der Waals surface area contributed by atoms with Gasteiger partial charge in [-0.1, -0.05) is 21.0 Å². The minimum absolute atomic E-state index is 0.106. The van der Waals surface area contributed by atoms with Gasteiger partial charge >= 0.3 is 0 Å². The molecule has 66 valence electrons. The third-order valence-corrected chi connectivity index (χ3v) is 1.96. The summed E-state index contributed by atoms with van der Waals surface area (Å²) in [6, 6.07) is 3.98. The number of benzene rings is 1. The van der Waals surface area contributed by atoms with Crippen LogP contribution in [-0.4, -0.2) is 4.92 Å². The predicted molar refractivity (Wildman–Crippen MR) is 49.6 cm³/mol. The molecular formula is C6H3BrN4O2. The summed E-state index contributed by atoms with van der Waals surface area (Å²) in [7, 11) is 0. The van der Waals surface area contributed by atoms with Gasteiger partial charge in [-0.05, 0) is 11.6 Å². The maximum absolute atomic E-state index is 10.3. The highest BCUT2D eigenvalue weighted by atomic mass is 79.9. The van der Waals surface area contributed by atoms with Gasteiger partial charge in [0.1, 0.15) is 0 Å². The first-order valence-electron chi connectivity index (χ1n) is 3.14. The van der Waals surface area contributed by atoms with E-state index in [1.54, 1.807) is 0 Å². The van der Waals surface area contributed by atoms with E-state index in [9.17, 15) is 10.1 Å². The van der Waals surface area contributed by atoms with Crippen LogP contribution in [0.2, 0.25) is 0 Å². The molecule has 1 aromatic carbocycles. The Morgan fingerprint density at radius 3 is 2.85 bits per heavy atom. The van der Waals surface area contributed by atoms with E-state index in [0.717, 1.165) is 0 Å². The molecule has 0 heterocycles. The fraction of sp³-hybridized carbons (Fsp3) is 0. The second kappa shape index (κ2) is 3.88. The highest BCUT2D eigenvalue weighted by Gasteiger charge is 2.07. The zero-order valence-corrected chi connectivity index (χ0v) is 7.80. The van der Waals surface area contributed by atoms with Crippen LogP contribution in [0.3, 0.4) is 0 Å². The van der Waals surface area contributed by atoms with Gasteiger partial charge in [0, 0.05) is 21.5 Å². The molecule has 0 aliphatic rings. The molecule has 0 saturated heterocycles. The van der Waals surface area contributed by atoms with E-state index in [1.807, 2.05) is 0 Å². The lowest BCUT2D eigenvalue weighted by atomic mass is 10.3. The Morgan fingerprint density at radius 1 is 1.62 bits per heavy atom. The molecule has 0 atom stereocenters. The summed E-state index contributed by atoms with van der Waals surface area (Å²) in [5, 5.41) is 13.6. The summed E-state index contributed by atoms with van der Waals surface area (Å²) in [5.74, 6) is 0. The standard InChI is InChI=1S/C6H3BrN4O2/c7-5-2-1-4(11(12)13)3-6(5)9-10-8/h1-3H. The van der Waals surface area contributed by atoms with Gasteiger partial charge in [-0.15, -0.1) is 0 Å². The quantitative estimate of drug-likeness (QED) is 0.262. The number of nitro benzene ring substituents is 1. The number of halogens is 1. The average molecular weight is 243 g/mol. The number of hydrogen-bond donors (Lipinski definition) is 0. The summed E-state index contributed by atoms with van der Waals surface area (Å²) < 4.78 is 0.524. The summed E-state index contributed by atoms with van der Waals surface area (Å²) in [5.41, 5.74) is 8.24. The molecule has 1 rings (SSSR count). The predicted octanol–water partition coefficient (Wildman–Crippen LogP) is 3.30.